The number of hydrogen-bond acceptors (Lipinski definition) is 18. The molecule has 14 aromatic rings. The van der Waals surface area contributed by atoms with Crippen molar-refractivity contribution in [1.82, 2.24) is 85.9 Å². The van der Waals surface area contributed by atoms with E-state index >= 15 is 0 Å². The van der Waals surface area contributed by atoms with Crippen molar-refractivity contribution in [3.05, 3.63) is 182 Å². The summed E-state index contributed by atoms with van der Waals surface area (Å²) in [6.45, 7) is 0. The van der Waals surface area contributed by atoms with Crippen molar-refractivity contribution in [2.24, 2.45) is 0 Å². The van der Waals surface area contributed by atoms with E-state index in [1.807, 2.05) is 146 Å². The van der Waals surface area contributed by atoms with E-state index in [1.54, 1.807) is 12.1 Å². The van der Waals surface area contributed by atoms with Crippen LogP contribution >= 0.6 is 0 Å². The third-order valence-electron chi connectivity index (χ3n) is 15.6. The summed E-state index contributed by atoms with van der Waals surface area (Å²) in [5.41, 5.74) is 9.09. The summed E-state index contributed by atoms with van der Waals surface area (Å²) in [5.74, 6) is 3.09. The Labute approximate surface area is 517 Å². The summed E-state index contributed by atoms with van der Waals surface area (Å²) in [6, 6.07) is 54.7. The number of aromatic nitrogens is 16. The van der Waals surface area contributed by atoms with Gasteiger partial charge in [0.05, 0.1) is 9.79 Å². The molecule has 10 heterocycles. The van der Waals surface area contributed by atoms with Gasteiger partial charge >= 0.3 is 17.1 Å². The topological polar surface area (TPSA) is 363 Å². The first-order valence-corrected chi connectivity index (χ1v) is 30.0. The van der Waals surface area contributed by atoms with Gasteiger partial charge in [-0.05, 0) is 12.1 Å². The molecule has 26 heteroatoms. The Morgan fingerprint density at radius 2 is 0.433 bits per heavy atom. The molecule has 434 valence electrons. The zero-order chi connectivity index (χ0) is 59.2. The number of rotatable bonds is 2. The van der Waals surface area contributed by atoms with Crippen LogP contribution in [-0.2, 0) is 37.3 Å². The fourth-order valence-electron chi connectivity index (χ4n) is 11.7. The quantitative estimate of drug-likeness (QED) is 0.0922. The number of fused-ring (bicyclic) bond motifs is 40. The van der Waals surface area contributed by atoms with E-state index in [-0.39, 0.29) is 45.3 Å². The van der Waals surface area contributed by atoms with E-state index in [9.17, 15) is 25.9 Å². The Morgan fingerprint density at radius 1 is 0.244 bits per heavy atom. The second-order valence-corrected chi connectivity index (χ2v) is 23.5. The minimum atomic E-state index is -4.87. The molecule has 0 spiro atoms. The van der Waals surface area contributed by atoms with Crippen LogP contribution in [0.2, 0.25) is 0 Å². The number of aromatic amines is 4. The van der Waals surface area contributed by atoms with Crippen LogP contribution in [0.1, 0.15) is 0 Å². The van der Waals surface area contributed by atoms with Gasteiger partial charge in [0.2, 0.25) is 0 Å². The van der Waals surface area contributed by atoms with E-state index < -0.39 is 30.0 Å². The molecule has 0 atom stereocenters. The van der Waals surface area contributed by atoms with Crippen LogP contribution in [0.4, 0.5) is 0 Å². The maximum atomic E-state index is 12.4. The predicted octanol–water partition coefficient (Wildman–Crippen LogP) is 11.1. The average Bonchev–Trinajstić information content (AvgIpc) is 1.61. The van der Waals surface area contributed by atoms with Gasteiger partial charge in [0.25, 0.3) is 0 Å². The largest absolute Gasteiger partial charge is 2.00 e. The first-order valence-electron chi connectivity index (χ1n) is 27.2. The van der Waals surface area contributed by atoms with Crippen molar-refractivity contribution in [3.63, 3.8) is 0 Å². The zero-order valence-corrected chi connectivity index (χ0v) is 48.3. The SMILES string of the molecule is O=S(=O)([O-])c1cccc2c3nc4nc(nc5[nH]c(nc6nc(nc([nH]3)c12)-c1ccccc1-6)c1ccccc51)-c1ccccc1-4.O=S(=O)([O-])c1cccc2c3nc4nc(nc5[nH]c(nc6nc(nc([nH]3)c12)-c1ccccc1-6)c1ccccc51)-c1ccccc1-4.[Cu+2].[N]. The van der Waals surface area contributed by atoms with E-state index in [0.717, 1.165) is 54.9 Å². The van der Waals surface area contributed by atoms with E-state index in [1.165, 1.54) is 24.3 Å². The maximum Gasteiger partial charge on any atom is 2.00 e. The van der Waals surface area contributed by atoms with Crippen LogP contribution in [0, 0.1) is 0 Å². The van der Waals surface area contributed by atoms with Gasteiger partial charge in [0, 0.05) is 93.7 Å². The molecule has 6 aromatic heterocycles. The van der Waals surface area contributed by atoms with Crippen LogP contribution in [0.5, 0.6) is 0 Å². The van der Waals surface area contributed by atoms with Gasteiger partial charge < -0.3 is 29.0 Å². The summed E-state index contributed by atoms with van der Waals surface area (Å²) >= 11 is 0. The van der Waals surface area contributed by atoms with Crippen molar-refractivity contribution in [2.75, 3.05) is 0 Å². The van der Waals surface area contributed by atoms with Gasteiger partial charge in [-0.3, -0.25) is 0 Å². The second-order valence-electron chi connectivity index (χ2n) is 20.8. The second kappa shape index (κ2) is 20.7. The molecule has 23 nitrogen and oxygen atoms in total. The molecule has 0 aliphatic carbocycles. The molecule has 0 unspecified atom stereocenters. The molecule has 0 saturated carbocycles. The summed E-state index contributed by atoms with van der Waals surface area (Å²) in [6.07, 6.45) is 0. The van der Waals surface area contributed by atoms with E-state index in [0.29, 0.717) is 102 Å². The smallest absolute Gasteiger partial charge is 0.744 e. The van der Waals surface area contributed by atoms with Crippen LogP contribution in [0.15, 0.2) is 192 Å². The van der Waals surface area contributed by atoms with E-state index in [2.05, 4.69) is 19.9 Å². The van der Waals surface area contributed by atoms with Gasteiger partial charge in [-0.1, -0.05) is 170 Å². The van der Waals surface area contributed by atoms with Gasteiger partial charge in [-0.2, -0.15) is 0 Å². The van der Waals surface area contributed by atoms with Crippen LogP contribution in [0.3, 0.4) is 0 Å². The van der Waals surface area contributed by atoms with Crippen molar-refractivity contribution in [2.45, 2.75) is 9.79 Å². The molecule has 0 saturated heterocycles. The molecule has 0 fully saturated rings. The molecule has 4 aliphatic heterocycles. The molecule has 18 rings (SSSR count). The molecule has 4 N–H and O–H groups in total. The van der Waals surface area contributed by atoms with Gasteiger partial charge in [-0.25, -0.2) is 76.6 Å². The number of benzene rings is 8. The normalized spacial score (nSPS) is 12.1. The van der Waals surface area contributed by atoms with Crippen molar-refractivity contribution in [1.29, 1.82) is 0 Å². The Hall–Kier alpha value is -11.2. The molecule has 16 bridgehead atoms. The number of hydrogen-bond donors (Lipinski definition) is 4. The summed E-state index contributed by atoms with van der Waals surface area (Å²) in [7, 11) is -9.73. The molecule has 8 aromatic carbocycles. The third-order valence-corrected chi connectivity index (χ3v) is 17.4. The van der Waals surface area contributed by atoms with Crippen molar-refractivity contribution in [3.8, 4) is 91.1 Å². The molecular weight excluding hydrogens is 1230 g/mol. The fourth-order valence-corrected chi connectivity index (χ4v) is 13.1. The summed E-state index contributed by atoms with van der Waals surface area (Å²) in [4.78, 5) is 70.4. The first kappa shape index (κ1) is 55.4. The fraction of sp³-hybridized carbons (Fsp3) is 0. The molecule has 90 heavy (non-hydrogen) atoms. The Kier molecular flexibility index (Phi) is 12.7. The summed E-state index contributed by atoms with van der Waals surface area (Å²) < 4.78 is 74.5. The number of H-pyrrole nitrogens is 4. The Bertz CT molecular complexity index is 5690. The van der Waals surface area contributed by atoms with Crippen molar-refractivity contribution < 1.29 is 43.0 Å². The van der Waals surface area contributed by atoms with Gasteiger partial charge in [-0.15, -0.1) is 0 Å². The first-order chi connectivity index (χ1) is 42.8. The standard InChI is InChI=1S/2C32H18N8O3S.Cu.N/c2*41-44(42,43)23-15-7-14-22-24(23)32-39-30-21-13-6-5-12-20(21)28(37-30)35-26-17-9-2-1-8-16(17)25(33-26)34-27-18-10-3-4-11-19(18)29(36-27)38-31(22)40-32;;/h2*1-15H,(H,41,42,43)(H2,33,34,35,36,37,38,39,40);;/q;;+2;/p-2. The average molecular weight is 1260 g/mol. The number of nitrogens with zero attached hydrogens (tertiary/aromatic N) is 13. The van der Waals surface area contributed by atoms with Crippen LogP contribution < -0.4 is 6.15 Å². The minimum absolute atomic E-state index is 0. The maximum absolute atomic E-state index is 12.4. The minimum Gasteiger partial charge on any atom is -0.744 e. The van der Waals surface area contributed by atoms with E-state index in [4.69, 9.17) is 59.8 Å². The summed E-state index contributed by atoms with van der Waals surface area (Å²) in [5, 5.41) is 4.49. The number of nitrogens with one attached hydrogen (secondary N) is 4. The predicted molar refractivity (Wildman–Crippen MR) is 330 cm³/mol. The van der Waals surface area contributed by atoms with Crippen LogP contribution in [0.25, 0.3) is 179 Å². The molecule has 4 aliphatic rings. The zero-order valence-electron chi connectivity index (χ0n) is 45.7. The third kappa shape index (κ3) is 8.88. The Morgan fingerprint density at radius 3 is 0.667 bits per heavy atom. The monoisotopic (exact) mass is 1260 g/mol. The van der Waals surface area contributed by atoms with Crippen molar-refractivity contribution >= 4 is 109 Å². The molecule has 0 amide bonds. The Balaban J connectivity index is 0.000000147. The van der Waals surface area contributed by atoms with Gasteiger partial charge in [0.15, 0.2) is 46.6 Å². The molecule has 4 radical (unpaired) electrons. The van der Waals surface area contributed by atoms with Crippen LogP contribution in [-0.4, -0.2) is 106 Å². The molecular formula is C64H34CuN17O6S2. The van der Waals surface area contributed by atoms with Gasteiger partial charge in [0.1, 0.15) is 65.4 Å².